The number of nitrogens with zero attached hydrogens (tertiary/aromatic N) is 3. The molecule has 0 N–H and O–H groups in total. The summed E-state index contributed by atoms with van der Waals surface area (Å²) in [5.74, 6) is 0.949. The maximum Gasteiger partial charge on any atom is 0.274 e. The molecule has 1 aromatic heterocycles. The molecule has 3 rings (SSSR count). The lowest BCUT2D eigenvalue weighted by atomic mass is 10.2. The van der Waals surface area contributed by atoms with Gasteiger partial charge in [-0.2, -0.15) is 5.10 Å². The van der Waals surface area contributed by atoms with Crippen molar-refractivity contribution in [3.63, 3.8) is 0 Å². The fraction of sp³-hybridized carbons (Fsp3) is 0.304. The molecule has 0 spiro atoms. The molecule has 3 aromatic rings. The summed E-state index contributed by atoms with van der Waals surface area (Å²) < 4.78 is 36.0. The third kappa shape index (κ3) is 5.67. The van der Waals surface area contributed by atoms with Gasteiger partial charge in [-0.1, -0.05) is 12.1 Å². The Kier molecular flexibility index (Phi) is 7.19. The number of rotatable bonds is 9. The van der Waals surface area contributed by atoms with Crippen LogP contribution >= 0.6 is 0 Å². The molecule has 8 nitrogen and oxygen atoms in total. The molecule has 0 saturated heterocycles. The number of hydrogen-bond donors (Lipinski definition) is 0. The number of amides is 1. The van der Waals surface area contributed by atoms with E-state index in [1.165, 1.54) is 12.1 Å². The van der Waals surface area contributed by atoms with Crippen molar-refractivity contribution in [1.29, 1.82) is 0 Å². The van der Waals surface area contributed by atoms with E-state index in [0.29, 0.717) is 36.8 Å². The second-order valence-electron chi connectivity index (χ2n) is 7.50. The molecule has 0 bridgehead atoms. The normalized spacial score (nSPS) is 11.2. The zero-order chi connectivity index (χ0) is 23.3. The molecule has 1 amide bonds. The quantitative estimate of drug-likeness (QED) is 0.459. The molecule has 2 aromatic carbocycles. The second-order valence-corrected chi connectivity index (χ2v) is 9.51. The predicted molar refractivity (Wildman–Crippen MR) is 121 cm³/mol. The summed E-state index contributed by atoms with van der Waals surface area (Å²) in [6, 6.07) is 13.8. The summed E-state index contributed by atoms with van der Waals surface area (Å²) in [4.78, 5) is 14.5. The molecule has 9 heteroatoms. The molecule has 0 radical (unpaired) electrons. The van der Waals surface area contributed by atoms with Crippen LogP contribution in [-0.2, 0) is 9.84 Å². The number of hydrogen-bond acceptors (Lipinski definition) is 6. The number of carbonyl (C=O) groups is 1. The van der Waals surface area contributed by atoms with Gasteiger partial charge in [-0.15, -0.1) is 0 Å². The van der Waals surface area contributed by atoms with Gasteiger partial charge in [-0.05, 0) is 55.3 Å². The molecule has 0 saturated carbocycles. The maximum atomic E-state index is 12.7. The number of carbonyl (C=O) groups excluding carboxylic acids is 1. The Bertz CT molecular complexity index is 1200. The number of aryl methyl sites for hydroxylation is 1. The van der Waals surface area contributed by atoms with E-state index in [9.17, 15) is 13.2 Å². The van der Waals surface area contributed by atoms with Crippen molar-refractivity contribution in [2.45, 2.75) is 18.2 Å². The molecule has 0 aliphatic rings. The van der Waals surface area contributed by atoms with E-state index < -0.39 is 9.84 Å². The van der Waals surface area contributed by atoms with Crippen molar-refractivity contribution in [1.82, 2.24) is 14.7 Å². The van der Waals surface area contributed by atoms with E-state index in [1.807, 2.05) is 25.1 Å². The third-order valence-corrected chi connectivity index (χ3v) is 5.99. The first-order chi connectivity index (χ1) is 15.2. The molecule has 0 fully saturated rings. The topological polar surface area (TPSA) is 90.7 Å². The molecule has 1 heterocycles. The van der Waals surface area contributed by atoms with Crippen molar-refractivity contribution in [2.75, 3.05) is 33.6 Å². The van der Waals surface area contributed by atoms with Crippen molar-refractivity contribution in [3.05, 3.63) is 66.0 Å². The van der Waals surface area contributed by atoms with Crippen LogP contribution in [-0.4, -0.2) is 62.6 Å². The van der Waals surface area contributed by atoms with Gasteiger partial charge in [0.2, 0.25) is 0 Å². The largest absolute Gasteiger partial charge is 0.494 e. The van der Waals surface area contributed by atoms with Crippen molar-refractivity contribution in [3.8, 4) is 17.2 Å². The first-order valence-corrected chi connectivity index (χ1v) is 12.0. The lowest BCUT2D eigenvalue weighted by molar-refractivity contribution is 0.0781. The summed E-state index contributed by atoms with van der Waals surface area (Å²) in [6.07, 6.45) is 3.47. The van der Waals surface area contributed by atoms with Crippen LogP contribution in [0.15, 0.2) is 59.6 Å². The first-order valence-electron chi connectivity index (χ1n) is 10.1. The number of aromatic nitrogens is 2. The fourth-order valence-electron chi connectivity index (χ4n) is 3.13. The summed E-state index contributed by atoms with van der Waals surface area (Å²) in [5.41, 5.74) is 2.15. The number of benzene rings is 2. The van der Waals surface area contributed by atoms with Crippen LogP contribution in [0.2, 0.25) is 0 Å². The van der Waals surface area contributed by atoms with Crippen LogP contribution in [0.1, 0.15) is 22.5 Å². The van der Waals surface area contributed by atoms with Gasteiger partial charge in [0, 0.05) is 26.0 Å². The molecular weight excluding hydrogens is 430 g/mol. The fourth-order valence-corrected chi connectivity index (χ4v) is 3.79. The minimum atomic E-state index is -3.29. The average molecular weight is 458 g/mol. The maximum absolute atomic E-state index is 12.7. The highest BCUT2D eigenvalue weighted by Crippen LogP contribution is 2.23. The van der Waals surface area contributed by atoms with Gasteiger partial charge < -0.3 is 14.4 Å². The van der Waals surface area contributed by atoms with Crippen molar-refractivity contribution >= 4 is 15.7 Å². The molecule has 0 aliphatic carbocycles. The minimum Gasteiger partial charge on any atom is -0.494 e. The van der Waals surface area contributed by atoms with Gasteiger partial charge in [0.05, 0.1) is 18.6 Å². The van der Waals surface area contributed by atoms with Crippen LogP contribution < -0.4 is 9.47 Å². The lowest BCUT2D eigenvalue weighted by Gasteiger charge is -2.16. The smallest absolute Gasteiger partial charge is 0.274 e. The molecule has 32 heavy (non-hydrogen) atoms. The van der Waals surface area contributed by atoms with Crippen molar-refractivity contribution < 1.29 is 22.7 Å². The van der Waals surface area contributed by atoms with Gasteiger partial charge in [0.1, 0.15) is 17.2 Å². The Morgan fingerprint density at radius 2 is 1.94 bits per heavy atom. The highest BCUT2D eigenvalue weighted by molar-refractivity contribution is 7.90. The van der Waals surface area contributed by atoms with Gasteiger partial charge >= 0.3 is 0 Å². The number of methoxy groups -OCH3 is 1. The first kappa shape index (κ1) is 23.3. The zero-order valence-electron chi connectivity index (χ0n) is 18.6. The van der Waals surface area contributed by atoms with Gasteiger partial charge in [0.25, 0.3) is 5.91 Å². The zero-order valence-corrected chi connectivity index (χ0v) is 19.4. The van der Waals surface area contributed by atoms with E-state index >= 15 is 0 Å². The monoisotopic (exact) mass is 457 g/mol. The lowest BCUT2D eigenvalue weighted by Crippen LogP contribution is -2.29. The van der Waals surface area contributed by atoms with Gasteiger partial charge in [-0.25, -0.2) is 13.1 Å². The van der Waals surface area contributed by atoms with E-state index in [0.717, 1.165) is 17.5 Å². The molecule has 170 valence electrons. The van der Waals surface area contributed by atoms with E-state index in [-0.39, 0.29) is 10.8 Å². The highest BCUT2D eigenvalue weighted by atomic mass is 32.2. The summed E-state index contributed by atoms with van der Waals surface area (Å²) in [6.45, 7) is 2.79. The Morgan fingerprint density at radius 1 is 1.16 bits per heavy atom. The van der Waals surface area contributed by atoms with Crippen LogP contribution in [0.5, 0.6) is 11.5 Å². The van der Waals surface area contributed by atoms with Gasteiger partial charge in [0.15, 0.2) is 15.5 Å². The Hall–Kier alpha value is -3.33. The highest BCUT2D eigenvalue weighted by Gasteiger charge is 2.16. The molecule has 0 atom stereocenters. The van der Waals surface area contributed by atoms with Crippen LogP contribution in [0.3, 0.4) is 0 Å². The predicted octanol–water partition coefficient (Wildman–Crippen LogP) is 3.13. The number of sulfone groups is 1. The molecule has 0 unspecified atom stereocenters. The standard InChI is InChI=1S/C23H27N3O5S/c1-17-9-10-22(30-3)21(15-17)26-13-11-20(24-26)23(27)25(2)12-6-14-31-18-7-5-8-19(16-18)32(4,28)29/h5,7-11,13,15-16H,6,12,14H2,1-4H3. The molecular formula is C23H27N3O5S. The SMILES string of the molecule is COc1ccc(C)cc1-n1ccc(C(=O)N(C)CCCOc2cccc(S(C)(=O)=O)c2)n1. The Labute approximate surface area is 188 Å². The minimum absolute atomic E-state index is 0.200. The Balaban J connectivity index is 1.56. The van der Waals surface area contributed by atoms with E-state index in [1.54, 1.807) is 48.1 Å². The number of ether oxygens (including phenoxy) is 2. The Morgan fingerprint density at radius 3 is 2.66 bits per heavy atom. The van der Waals surface area contributed by atoms with Crippen LogP contribution in [0, 0.1) is 6.92 Å². The third-order valence-electron chi connectivity index (χ3n) is 4.88. The second kappa shape index (κ2) is 9.86. The van der Waals surface area contributed by atoms with E-state index in [4.69, 9.17) is 9.47 Å². The summed E-state index contributed by atoms with van der Waals surface area (Å²) >= 11 is 0. The van der Waals surface area contributed by atoms with E-state index in [2.05, 4.69) is 5.10 Å². The van der Waals surface area contributed by atoms with Crippen LogP contribution in [0.4, 0.5) is 0 Å². The average Bonchev–Trinajstić information content (AvgIpc) is 3.25. The molecule has 0 aliphatic heterocycles. The summed E-state index contributed by atoms with van der Waals surface area (Å²) in [5, 5.41) is 4.42. The summed E-state index contributed by atoms with van der Waals surface area (Å²) in [7, 11) is 0.0155. The van der Waals surface area contributed by atoms with Crippen molar-refractivity contribution in [2.24, 2.45) is 0 Å². The van der Waals surface area contributed by atoms with Gasteiger partial charge in [-0.3, -0.25) is 4.79 Å². The van der Waals surface area contributed by atoms with Crippen LogP contribution in [0.25, 0.3) is 5.69 Å².